The second-order valence-corrected chi connectivity index (χ2v) is 5.78. The van der Waals surface area contributed by atoms with Crippen molar-refractivity contribution >= 4 is 11.8 Å². The van der Waals surface area contributed by atoms with Crippen LogP contribution in [0.2, 0.25) is 0 Å². The summed E-state index contributed by atoms with van der Waals surface area (Å²) in [6, 6.07) is -0.730. The summed E-state index contributed by atoms with van der Waals surface area (Å²) in [6.07, 6.45) is 5.30. The summed E-state index contributed by atoms with van der Waals surface area (Å²) in [5.41, 5.74) is 0. The molecule has 1 saturated heterocycles. The first-order valence-electron chi connectivity index (χ1n) is 7.91. The van der Waals surface area contributed by atoms with Crippen LogP contribution < -0.4 is 0 Å². The van der Waals surface area contributed by atoms with Crippen molar-refractivity contribution < 1.29 is 19.9 Å². The van der Waals surface area contributed by atoms with Crippen molar-refractivity contribution in [2.45, 2.75) is 58.4 Å². The zero-order valence-electron chi connectivity index (χ0n) is 13.1. The molecule has 0 radical (unpaired) electrons. The predicted molar refractivity (Wildman–Crippen MR) is 78.6 cm³/mol. The van der Waals surface area contributed by atoms with E-state index in [9.17, 15) is 14.8 Å². The predicted octanol–water partition coefficient (Wildman–Crippen LogP) is 1.40. The van der Waals surface area contributed by atoms with E-state index in [2.05, 4.69) is 6.92 Å². The van der Waals surface area contributed by atoms with E-state index in [1.165, 1.54) is 6.92 Å². The number of hydrogen-bond donors (Lipinski definition) is 2. The van der Waals surface area contributed by atoms with E-state index in [1.807, 2.05) is 0 Å². The van der Waals surface area contributed by atoms with Crippen molar-refractivity contribution in [1.29, 1.82) is 0 Å². The summed E-state index contributed by atoms with van der Waals surface area (Å²) in [7, 11) is 0. The van der Waals surface area contributed by atoms with Gasteiger partial charge in [-0.2, -0.15) is 0 Å². The molecule has 1 aliphatic heterocycles. The van der Waals surface area contributed by atoms with E-state index in [0.29, 0.717) is 18.2 Å². The molecule has 2 N–H and O–H groups in total. The van der Waals surface area contributed by atoms with E-state index in [4.69, 9.17) is 5.11 Å². The Morgan fingerprint density at radius 3 is 2.62 bits per heavy atom. The number of rotatable bonds is 9. The quantitative estimate of drug-likeness (QED) is 0.383. The van der Waals surface area contributed by atoms with E-state index in [-0.39, 0.29) is 18.4 Å². The lowest BCUT2D eigenvalue weighted by Gasteiger charge is -2.24. The normalized spacial score (nSPS) is 21.9. The monoisotopic (exact) mass is 300 g/mol. The summed E-state index contributed by atoms with van der Waals surface area (Å²) in [5, 5.41) is 19.3. The number of carbonyl (C=O) groups excluding carboxylic acids is 2. The smallest absolute Gasteiger partial charge is 0.248 e. The lowest BCUT2D eigenvalue weighted by molar-refractivity contribution is -0.180. The minimum atomic E-state index is -0.730. The first-order chi connectivity index (χ1) is 10.0. The number of nitrogens with zero attached hydrogens (tertiary/aromatic N) is 2. The van der Waals surface area contributed by atoms with Gasteiger partial charge in [0.25, 0.3) is 0 Å². The summed E-state index contributed by atoms with van der Waals surface area (Å²) in [5.74, 6) is -0.640. The molecule has 0 bridgehead atoms. The van der Waals surface area contributed by atoms with Gasteiger partial charge in [-0.05, 0) is 25.7 Å². The van der Waals surface area contributed by atoms with Crippen LogP contribution in [0.25, 0.3) is 0 Å². The van der Waals surface area contributed by atoms with Crippen LogP contribution in [0.3, 0.4) is 0 Å². The fourth-order valence-corrected chi connectivity index (χ4v) is 2.87. The van der Waals surface area contributed by atoms with Gasteiger partial charge in [0.05, 0.1) is 0 Å². The number of unbranched alkanes of at least 4 members (excludes halogenated alkanes) is 3. The number of likely N-dealkylation sites (tertiary alicyclic amines) is 1. The highest BCUT2D eigenvalue weighted by Gasteiger charge is 2.44. The maximum absolute atomic E-state index is 12.4. The SMILES string of the molecule is CCCC[C@H]1CN(CCCCCO)C(=O)[C@H]1N(O)C(C)=O. The molecule has 1 aliphatic rings. The zero-order chi connectivity index (χ0) is 15.8. The zero-order valence-corrected chi connectivity index (χ0v) is 13.1. The average Bonchev–Trinajstić information content (AvgIpc) is 2.76. The van der Waals surface area contributed by atoms with Crippen molar-refractivity contribution in [3.8, 4) is 0 Å². The second kappa shape index (κ2) is 9.00. The molecule has 2 atom stereocenters. The Labute approximate surface area is 126 Å². The molecule has 1 fully saturated rings. The van der Waals surface area contributed by atoms with Gasteiger partial charge in [-0.15, -0.1) is 0 Å². The van der Waals surface area contributed by atoms with Crippen LogP contribution in [0, 0.1) is 5.92 Å². The molecule has 0 unspecified atom stereocenters. The van der Waals surface area contributed by atoms with Gasteiger partial charge in [0.1, 0.15) is 6.04 Å². The van der Waals surface area contributed by atoms with Crippen LogP contribution in [0.15, 0.2) is 0 Å². The van der Waals surface area contributed by atoms with Crippen LogP contribution in [-0.4, -0.2) is 57.8 Å². The average molecular weight is 300 g/mol. The Morgan fingerprint density at radius 2 is 2.05 bits per heavy atom. The van der Waals surface area contributed by atoms with Gasteiger partial charge in [-0.3, -0.25) is 14.8 Å². The van der Waals surface area contributed by atoms with E-state index < -0.39 is 11.9 Å². The van der Waals surface area contributed by atoms with Gasteiger partial charge in [0.15, 0.2) is 0 Å². The minimum Gasteiger partial charge on any atom is -0.396 e. The molecule has 0 saturated carbocycles. The summed E-state index contributed by atoms with van der Waals surface area (Å²) < 4.78 is 0. The molecular formula is C15H28N2O4. The number of aliphatic hydroxyl groups excluding tert-OH is 1. The van der Waals surface area contributed by atoms with Crippen molar-refractivity contribution in [3.05, 3.63) is 0 Å². The molecule has 0 aromatic carbocycles. The minimum absolute atomic E-state index is 0.00388. The van der Waals surface area contributed by atoms with Gasteiger partial charge in [0.2, 0.25) is 11.8 Å². The van der Waals surface area contributed by atoms with Crippen molar-refractivity contribution in [2.75, 3.05) is 19.7 Å². The highest BCUT2D eigenvalue weighted by atomic mass is 16.5. The number of hydrogen-bond acceptors (Lipinski definition) is 4. The molecule has 0 spiro atoms. The third-order valence-electron chi connectivity index (χ3n) is 4.07. The van der Waals surface area contributed by atoms with Gasteiger partial charge >= 0.3 is 0 Å². The third-order valence-corrected chi connectivity index (χ3v) is 4.07. The molecule has 21 heavy (non-hydrogen) atoms. The number of aliphatic hydroxyl groups is 1. The standard InChI is InChI=1S/C15H28N2O4/c1-3-4-8-13-11-16(9-6-5-7-10-18)15(20)14(13)17(21)12(2)19/h13-14,18,21H,3-11H2,1-2H3/t13-,14-/m0/s1. The van der Waals surface area contributed by atoms with Crippen molar-refractivity contribution in [1.82, 2.24) is 9.96 Å². The fourth-order valence-electron chi connectivity index (χ4n) is 2.87. The van der Waals surface area contributed by atoms with Crippen LogP contribution in [0.1, 0.15) is 52.4 Å². The first kappa shape index (κ1) is 17.9. The van der Waals surface area contributed by atoms with Crippen LogP contribution in [0.4, 0.5) is 0 Å². The highest BCUT2D eigenvalue weighted by Crippen LogP contribution is 2.27. The van der Waals surface area contributed by atoms with Crippen LogP contribution in [-0.2, 0) is 9.59 Å². The van der Waals surface area contributed by atoms with Crippen molar-refractivity contribution in [3.63, 3.8) is 0 Å². The summed E-state index contributed by atoms with van der Waals surface area (Å²) in [4.78, 5) is 25.5. The Bertz CT molecular complexity index is 349. The number of amides is 2. The summed E-state index contributed by atoms with van der Waals surface area (Å²) >= 11 is 0. The second-order valence-electron chi connectivity index (χ2n) is 5.78. The molecule has 2 amide bonds. The molecule has 1 rings (SSSR count). The lowest BCUT2D eigenvalue weighted by Crippen LogP contribution is -2.45. The Hall–Kier alpha value is -1.14. The van der Waals surface area contributed by atoms with Gasteiger partial charge in [-0.1, -0.05) is 19.8 Å². The lowest BCUT2D eigenvalue weighted by atomic mass is 9.96. The topological polar surface area (TPSA) is 81.1 Å². The molecule has 1 heterocycles. The molecule has 122 valence electrons. The highest BCUT2D eigenvalue weighted by molar-refractivity contribution is 5.88. The van der Waals surface area contributed by atoms with E-state index in [1.54, 1.807) is 4.90 Å². The number of hydroxylamine groups is 2. The molecule has 6 heteroatoms. The largest absolute Gasteiger partial charge is 0.396 e. The first-order valence-corrected chi connectivity index (χ1v) is 7.91. The van der Waals surface area contributed by atoms with Crippen LogP contribution >= 0.6 is 0 Å². The molecule has 0 aromatic rings. The van der Waals surface area contributed by atoms with Gasteiger partial charge in [-0.25, -0.2) is 5.06 Å². The Morgan fingerprint density at radius 1 is 1.33 bits per heavy atom. The van der Waals surface area contributed by atoms with Crippen LogP contribution in [0.5, 0.6) is 0 Å². The molecule has 0 aliphatic carbocycles. The van der Waals surface area contributed by atoms with Gasteiger partial charge < -0.3 is 10.0 Å². The maximum atomic E-state index is 12.4. The Kier molecular flexibility index (Phi) is 7.67. The molecule has 0 aromatic heterocycles. The van der Waals surface area contributed by atoms with E-state index in [0.717, 1.165) is 38.5 Å². The number of carbonyl (C=O) groups is 2. The molecule has 6 nitrogen and oxygen atoms in total. The summed E-state index contributed by atoms with van der Waals surface area (Å²) in [6.45, 7) is 4.76. The Balaban J connectivity index is 2.64. The van der Waals surface area contributed by atoms with Gasteiger partial charge in [0, 0.05) is 32.5 Å². The maximum Gasteiger partial charge on any atom is 0.248 e. The molecular weight excluding hydrogens is 272 g/mol. The fraction of sp³-hybridized carbons (Fsp3) is 0.867. The van der Waals surface area contributed by atoms with Crippen molar-refractivity contribution in [2.24, 2.45) is 5.92 Å². The van der Waals surface area contributed by atoms with E-state index >= 15 is 0 Å². The third kappa shape index (κ3) is 4.97.